The molecule has 2 aromatic rings. The van der Waals surface area contributed by atoms with E-state index in [1.807, 2.05) is 41.3 Å². The summed E-state index contributed by atoms with van der Waals surface area (Å²) in [5.74, 6) is -0.250. The van der Waals surface area contributed by atoms with Gasteiger partial charge in [-0.05, 0) is 81.8 Å². The van der Waals surface area contributed by atoms with Crippen LogP contribution in [0.2, 0.25) is 0 Å². The minimum absolute atomic E-state index is 0.00312. The van der Waals surface area contributed by atoms with Crippen LogP contribution in [-0.2, 0) is 11.2 Å². The Morgan fingerprint density at radius 3 is 2.54 bits per heavy atom. The minimum Gasteiger partial charge on any atom is -0.384 e. The van der Waals surface area contributed by atoms with Gasteiger partial charge >= 0.3 is 0 Å². The lowest BCUT2D eigenvalue weighted by Crippen LogP contribution is -2.44. The molecule has 1 amide bonds. The predicted molar refractivity (Wildman–Crippen MR) is 141 cm³/mol. The van der Waals surface area contributed by atoms with Gasteiger partial charge in [0.2, 0.25) is 5.91 Å². The molecule has 2 aliphatic heterocycles. The van der Waals surface area contributed by atoms with Crippen molar-refractivity contribution in [3.05, 3.63) is 64.7 Å². The molecule has 6 heteroatoms. The first-order valence-electron chi connectivity index (χ1n) is 12.9. The summed E-state index contributed by atoms with van der Waals surface area (Å²) in [4.78, 5) is 18.2. The van der Waals surface area contributed by atoms with Crippen LogP contribution in [0.4, 0.5) is 5.69 Å². The minimum atomic E-state index is -0.315. The normalized spacial score (nSPS) is 22.5. The van der Waals surface area contributed by atoms with Gasteiger partial charge in [-0.3, -0.25) is 15.1 Å². The molecule has 0 saturated carbocycles. The summed E-state index contributed by atoms with van der Waals surface area (Å²) in [7, 11) is 0. The molecule has 6 nitrogen and oxygen atoms in total. The van der Waals surface area contributed by atoms with Gasteiger partial charge in [-0.1, -0.05) is 37.1 Å². The van der Waals surface area contributed by atoms with E-state index in [1.165, 1.54) is 19.3 Å². The quantitative estimate of drug-likeness (QED) is 0.323. The molecule has 4 rings (SSSR count). The molecule has 2 aromatic carbocycles. The molecule has 2 aliphatic rings. The molecule has 0 radical (unpaired) electrons. The fraction of sp³-hybridized carbons (Fsp3) is 0.483. The second-order valence-corrected chi connectivity index (χ2v) is 10.2. The Kier molecular flexibility index (Phi) is 7.87. The van der Waals surface area contributed by atoms with Crippen LogP contribution in [0.3, 0.4) is 0 Å². The number of carbonyl (C=O) groups excluding carboxylic acids is 1. The Bertz CT molecular complexity index is 1110. The molecular weight excluding hydrogens is 434 g/mol. The van der Waals surface area contributed by atoms with Crippen LogP contribution in [0.1, 0.15) is 80.5 Å². The Morgan fingerprint density at radius 2 is 1.83 bits per heavy atom. The number of nitrogen functional groups attached to an aromatic ring is 1. The summed E-state index contributed by atoms with van der Waals surface area (Å²) in [6.07, 6.45) is 7.62. The zero-order valence-corrected chi connectivity index (χ0v) is 21.0. The van der Waals surface area contributed by atoms with Crippen molar-refractivity contribution < 1.29 is 4.79 Å². The maximum atomic E-state index is 13.7. The van der Waals surface area contributed by atoms with Gasteiger partial charge in [0.05, 0.1) is 17.6 Å². The first-order chi connectivity index (χ1) is 16.9. The van der Waals surface area contributed by atoms with Crippen LogP contribution in [0.25, 0.3) is 0 Å². The lowest BCUT2D eigenvalue weighted by molar-refractivity contribution is -0.120. The second-order valence-electron chi connectivity index (χ2n) is 10.2. The van der Waals surface area contributed by atoms with Crippen LogP contribution in [0.5, 0.6) is 0 Å². The highest BCUT2D eigenvalue weighted by molar-refractivity contribution is 6.02. The molecule has 0 aliphatic carbocycles. The van der Waals surface area contributed by atoms with Crippen molar-refractivity contribution in [3.8, 4) is 6.07 Å². The highest BCUT2D eigenvalue weighted by Crippen LogP contribution is 2.36. The van der Waals surface area contributed by atoms with Crippen LogP contribution >= 0.6 is 0 Å². The topological polar surface area (TPSA) is 97.2 Å². The van der Waals surface area contributed by atoms with Gasteiger partial charge in [-0.2, -0.15) is 5.26 Å². The molecule has 0 bridgehead atoms. The second kappa shape index (κ2) is 11.0. The Hall–Kier alpha value is -3.17. The first-order valence-corrected chi connectivity index (χ1v) is 12.9. The molecule has 3 N–H and O–H groups in total. The van der Waals surface area contributed by atoms with E-state index >= 15 is 0 Å². The van der Waals surface area contributed by atoms with Crippen molar-refractivity contribution in [1.29, 1.82) is 10.7 Å². The lowest BCUT2D eigenvalue weighted by atomic mass is 9.85. The number of piperidine rings is 1. The number of unbranched alkanes of at least 4 members (excludes halogenated alkanes) is 2. The van der Waals surface area contributed by atoms with Crippen molar-refractivity contribution in [2.24, 2.45) is 5.73 Å². The van der Waals surface area contributed by atoms with E-state index in [1.54, 1.807) is 6.07 Å². The fourth-order valence-electron chi connectivity index (χ4n) is 5.74. The van der Waals surface area contributed by atoms with Crippen molar-refractivity contribution >= 4 is 17.4 Å². The molecule has 0 spiro atoms. The molecule has 2 heterocycles. The maximum absolute atomic E-state index is 13.7. The molecule has 1 unspecified atom stereocenters. The Morgan fingerprint density at radius 1 is 1.09 bits per heavy atom. The lowest BCUT2D eigenvalue weighted by Gasteiger charge is -2.39. The molecule has 184 valence electrons. The van der Waals surface area contributed by atoms with E-state index in [2.05, 4.69) is 24.8 Å². The van der Waals surface area contributed by atoms with Gasteiger partial charge in [-0.25, -0.2) is 0 Å². The summed E-state index contributed by atoms with van der Waals surface area (Å²) in [5, 5.41) is 17.2. The van der Waals surface area contributed by atoms with Gasteiger partial charge in [-0.15, -0.1) is 0 Å². The number of amidine groups is 1. The molecule has 3 atom stereocenters. The molecular formula is C29H37N5O. The van der Waals surface area contributed by atoms with E-state index in [-0.39, 0.29) is 17.7 Å². The van der Waals surface area contributed by atoms with Crippen molar-refractivity contribution in [3.63, 3.8) is 0 Å². The summed E-state index contributed by atoms with van der Waals surface area (Å²) in [6, 6.07) is 16.7. The standard InChI is InChI=1S/C29H37N5O/c1-20-8-6-9-21(2)33(20)14-4-3-5-15-34-27-16-22(19-30)12-13-24(27)18-26(29(34)35)23-10-7-11-25(17-23)28(31)32/h7,10-13,16-17,20-21,26H,3-6,8-9,14-15,18H2,1-2H3,(H3,31,32)/t20-,21+,26?. The molecule has 1 fully saturated rings. The molecule has 1 saturated heterocycles. The van der Waals surface area contributed by atoms with E-state index < -0.39 is 0 Å². The smallest absolute Gasteiger partial charge is 0.234 e. The highest BCUT2D eigenvalue weighted by atomic mass is 16.2. The number of anilines is 1. The number of rotatable bonds is 8. The van der Waals surface area contributed by atoms with Crippen LogP contribution < -0.4 is 10.6 Å². The number of amides is 1. The monoisotopic (exact) mass is 471 g/mol. The van der Waals surface area contributed by atoms with Gasteiger partial charge in [0.15, 0.2) is 0 Å². The third-order valence-corrected chi connectivity index (χ3v) is 7.77. The fourth-order valence-corrected chi connectivity index (χ4v) is 5.74. The van der Waals surface area contributed by atoms with Gasteiger partial charge in [0.1, 0.15) is 5.84 Å². The number of nitrogens with one attached hydrogen (secondary N) is 1. The van der Waals surface area contributed by atoms with E-state index in [0.29, 0.717) is 36.2 Å². The maximum Gasteiger partial charge on any atom is 0.234 e. The first kappa shape index (κ1) is 24.9. The highest BCUT2D eigenvalue weighted by Gasteiger charge is 2.34. The van der Waals surface area contributed by atoms with Crippen molar-refractivity contribution in [2.45, 2.75) is 76.8 Å². The third kappa shape index (κ3) is 5.57. The molecule has 35 heavy (non-hydrogen) atoms. The Labute approximate surface area is 209 Å². The number of nitrogens with two attached hydrogens (primary N) is 1. The zero-order valence-electron chi connectivity index (χ0n) is 21.0. The van der Waals surface area contributed by atoms with Crippen molar-refractivity contribution in [2.75, 3.05) is 18.0 Å². The van der Waals surface area contributed by atoms with Gasteiger partial charge in [0, 0.05) is 29.9 Å². The largest absolute Gasteiger partial charge is 0.384 e. The molecule has 0 aromatic heterocycles. The van der Waals surface area contributed by atoms with E-state index in [4.69, 9.17) is 11.1 Å². The van der Waals surface area contributed by atoms with E-state index in [9.17, 15) is 10.1 Å². The van der Waals surface area contributed by atoms with E-state index in [0.717, 1.165) is 42.6 Å². The van der Waals surface area contributed by atoms with Crippen molar-refractivity contribution in [1.82, 2.24) is 4.90 Å². The summed E-state index contributed by atoms with van der Waals surface area (Å²) >= 11 is 0. The SMILES string of the molecule is C[C@@H]1CCC[C@H](C)N1CCCCCN1C(=O)C(c2cccc(C(=N)N)c2)Cc2ccc(C#N)cc21. The summed E-state index contributed by atoms with van der Waals surface area (Å²) in [5.41, 5.74) is 9.74. The number of fused-ring (bicyclic) bond motifs is 1. The number of hydrogen-bond acceptors (Lipinski definition) is 4. The summed E-state index contributed by atoms with van der Waals surface area (Å²) in [6.45, 7) is 6.45. The van der Waals surface area contributed by atoms with Crippen LogP contribution in [0.15, 0.2) is 42.5 Å². The average molecular weight is 472 g/mol. The number of likely N-dealkylation sites (tertiary alicyclic amines) is 1. The van der Waals surface area contributed by atoms with Crippen LogP contribution in [0, 0.1) is 16.7 Å². The van der Waals surface area contributed by atoms with Gasteiger partial charge < -0.3 is 10.6 Å². The number of nitriles is 1. The Balaban J connectivity index is 1.47. The zero-order chi connectivity index (χ0) is 24.9. The number of hydrogen-bond donors (Lipinski definition) is 2. The third-order valence-electron chi connectivity index (χ3n) is 7.77. The van der Waals surface area contributed by atoms with Crippen LogP contribution in [-0.4, -0.2) is 41.8 Å². The average Bonchev–Trinajstić information content (AvgIpc) is 2.86. The number of benzene rings is 2. The predicted octanol–water partition coefficient (Wildman–Crippen LogP) is 4.95. The number of nitrogens with zero attached hydrogens (tertiary/aromatic N) is 3. The van der Waals surface area contributed by atoms with Gasteiger partial charge in [0.25, 0.3) is 0 Å². The summed E-state index contributed by atoms with van der Waals surface area (Å²) < 4.78 is 0. The number of carbonyl (C=O) groups is 1.